The molecular formula is C20H18FN3O4. The topological polar surface area (TPSA) is 99.7 Å². The Labute approximate surface area is 160 Å². The highest BCUT2D eigenvalue weighted by Gasteiger charge is 2.41. The zero-order valence-corrected chi connectivity index (χ0v) is 14.9. The number of likely N-dealkylation sites (tertiary alicyclic amines) is 1. The van der Waals surface area contributed by atoms with Crippen molar-refractivity contribution in [1.29, 1.82) is 0 Å². The van der Waals surface area contributed by atoms with E-state index in [1.54, 1.807) is 36.7 Å². The van der Waals surface area contributed by atoms with E-state index in [0.717, 1.165) is 5.56 Å². The Balaban J connectivity index is 1.77. The number of halogens is 1. The fourth-order valence-electron chi connectivity index (χ4n) is 3.35. The van der Waals surface area contributed by atoms with Gasteiger partial charge in [0.05, 0.1) is 0 Å². The SMILES string of the molecule is O=C(O)N1CCC(O)(c2oc(-c3ccc(F)cc3)nc2-c2ccncc2)CC1. The van der Waals surface area contributed by atoms with E-state index in [0.29, 0.717) is 11.3 Å². The van der Waals surface area contributed by atoms with E-state index >= 15 is 0 Å². The van der Waals surface area contributed by atoms with Crippen LogP contribution in [0.1, 0.15) is 18.6 Å². The number of nitrogens with zero attached hydrogens (tertiary/aromatic N) is 3. The summed E-state index contributed by atoms with van der Waals surface area (Å²) in [7, 11) is 0. The van der Waals surface area contributed by atoms with E-state index in [9.17, 15) is 14.3 Å². The molecule has 0 atom stereocenters. The van der Waals surface area contributed by atoms with E-state index in [4.69, 9.17) is 9.52 Å². The zero-order valence-electron chi connectivity index (χ0n) is 14.9. The van der Waals surface area contributed by atoms with Crippen molar-refractivity contribution in [3.8, 4) is 22.7 Å². The summed E-state index contributed by atoms with van der Waals surface area (Å²) in [4.78, 5) is 21.0. The molecule has 144 valence electrons. The van der Waals surface area contributed by atoms with Crippen molar-refractivity contribution < 1.29 is 23.8 Å². The molecule has 2 aromatic heterocycles. The molecule has 1 aliphatic heterocycles. The molecule has 3 aromatic rings. The molecule has 1 fully saturated rings. The van der Waals surface area contributed by atoms with Gasteiger partial charge in [0.15, 0.2) is 5.76 Å². The molecule has 1 aliphatic rings. The Bertz CT molecular complexity index is 980. The molecule has 1 amide bonds. The van der Waals surface area contributed by atoms with Gasteiger partial charge in [-0.25, -0.2) is 14.2 Å². The Morgan fingerprint density at radius 2 is 1.71 bits per heavy atom. The Morgan fingerprint density at radius 1 is 1.07 bits per heavy atom. The number of carbonyl (C=O) groups is 1. The maximum absolute atomic E-state index is 13.3. The van der Waals surface area contributed by atoms with Crippen LogP contribution in [-0.2, 0) is 5.60 Å². The standard InChI is InChI=1S/C20H18FN3O4/c21-15-3-1-14(2-4-15)18-23-16(13-5-9-22-10-6-13)17(28-18)20(27)7-11-24(12-8-20)19(25)26/h1-6,9-10,27H,7-8,11-12H2,(H,25,26). The molecule has 0 aliphatic carbocycles. The molecule has 2 N–H and O–H groups in total. The highest BCUT2D eigenvalue weighted by atomic mass is 19.1. The first-order valence-corrected chi connectivity index (χ1v) is 8.84. The minimum Gasteiger partial charge on any atom is -0.465 e. The molecule has 0 radical (unpaired) electrons. The van der Waals surface area contributed by atoms with Crippen LogP contribution in [-0.4, -0.2) is 44.3 Å². The fraction of sp³-hybridized carbons (Fsp3) is 0.250. The number of pyridine rings is 1. The first kappa shape index (κ1) is 18.1. The summed E-state index contributed by atoms with van der Waals surface area (Å²) >= 11 is 0. The quantitative estimate of drug-likeness (QED) is 0.718. The van der Waals surface area contributed by atoms with Crippen molar-refractivity contribution >= 4 is 6.09 Å². The van der Waals surface area contributed by atoms with Crippen LogP contribution in [0.2, 0.25) is 0 Å². The molecule has 0 saturated carbocycles. The minimum absolute atomic E-state index is 0.189. The van der Waals surface area contributed by atoms with E-state index in [1.807, 2.05) is 0 Å². The van der Waals surface area contributed by atoms with Crippen molar-refractivity contribution in [3.63, 3.8) is 0 Å². The van der Waals surface area contributed by atoms with Gasteiger partial charge < -0.3 is 19.5 Å². The maximum Gasteiger partial charge on any atom is 0.407 e. The molecule has 0 spiro atoms. The second-order valence-electron chi connectivity index (χ2n) is 6.74. The summed E-state index contributed by atoms with van der Waals surface area (Å²) < 4.78 is 19.2. The lowest BCUT2D eigenvalue weighted by molar-refractivity contribution is -0.0365. The Morgan fingerprint density at radius 3 is 2.32 bits per heavy atom. The lowest BCUT2D eigenvalue weighted by atomic mass is 9.87. The van der Waals surface area contributed by atoms with Crippen LogP contribution in [0, 0.1) is 5.82 Å². The second-order valence-corrected chi connectivity index (χ2v) is 6.74. The van der Waals surface area contributed by atoms with E-state index in [2.05, 4.69) is 9.97 Å². The number of rotatable bonds is 3. The summed E-state index contributed by atoms with van der Waals surface area (Å²) in [5, 5.41) is 20.4. The molecule has 0 unspecified atom stereocenters. The van der Waals surface area contributed by atoms with E-state index in [-0.39, 0.29) is 43.4 Å². The molecule has 0 bridgehead atoms. The molecule has 28 heavy (non-hydrogen) atoms. The molecule has 3 heterocycles. The number of hydrogen-bond donors (Lipinski definition) is 2. The fourth-order valence-corrected chi connectivity index (χ4v) is 3.35. The average molecular weight is 383 g/mol. The summed E-state index contributed by atoms with van der Waals surface area (Å²) in [5.41, 5.74) is 0.411. The summed E-state index contributed by atoms with van der Waals surface area (Å²) in [6.07, 6.45) is 2.59. The van der Waals surface area contributed by atoms with Crippen molar-refractivity contribution in [2.24, 2.45) is 0 Å². The van der Waals surface area contributed by atoms with Crippen molar-refractivity contribution in [2.75, 3.05) is 13.1 Å². The number of amides is 1. The van der Waals surface area contributed by atoms with Gasteiger partial charge >= 0.3 is 6.09 Å². The molecule has 1 saturated heterocycles. The smallest absolute Gasteiger partial charge is 0.407 e. The van der Waals surface area contributed by atoms with Gasteiger partial charge in [0.1, 0.15) is 17.1 Å². The minimum atomic E-state index is -1.35. The van der Waals surface area contributed by atoms with Gasteiger partial charge in [0.25, 0.3) is 0 Å². The number of benzene rings is 1. The predicted molar refractivity (Wildman–Crippen MR) is 97.9 cm³/mol. The van der Waals surface area contributed by atoms with Gasteiger partial charge in [-0.3, -0.25) is 4.98 Å². The largest absolute Gasteiger partial charge is 0.465 e. The van der Waals surface area contributed by atoms with Crippen LogP contribution in [0.4, 0.5) is 9.18 Å². The monoisotopic (exact) mass is 383 g/mol. The molecule has 8 heteroatoms. The van der Waals surface area contributed by atoms with Crippen LogP contribution in [0.15, 0.2) is 53.2 Å². The normalized spacial score (nSPS) is 16.1. The van der Waals surface area contributed by atoms with Crippen LogP contribution >= 0.6 is 0 Å². The molecular weight excluding hydrogens is 365 g/mol. The Hall–Kier alpha value is -3.26. The third-order valence-electron chi connectivity index (χ3n) is 4.96. The number of carboxylic acid groups (broad SMARTS) is 1. The van der Waals surface area contributed by atoms with Crippen LogP contribution in [0.25, 0.3) is 22.7 Å². The van der Waals surface area contributed by atoms with E-state index < -0.39 is 11.7 Å². The maximum atomic E-state index is 13.3. The lowest BCUT2D eigenvalue weighted by Gasteiger charge is -2.35. The first-order chi connectivity index (χ1) is 13.5. The zero-order chi connectivity index (χ0) is 19.7. The average Bonchev–Trinajstić information content (AvgIpc) is 3.16. The van der Waals surface area contributed by atoms with Crippen LogP contribution in [0.5, 0.6) is 0 Å². The predicted octanol–water partition coefficient (Wildman–Crippen LogP) is 3.50. The highest BCUT2D eigenvalue weighted by Crippen LogP contribution is 2.41. The van der Waals surface area contributed by atoms with Crippen molar-refractivity contribution in [1.82, 2.24) is 14.9 Å². The lowest BCUT2D eigenvalue weighted by Crippen LogP contribution is -2.44. The van der Waals surface area contributed by atoms with Gasteiger partial charge in [-0.05, 0) is 36.4 Å². The molecule has 1 aromatic carbocycles. The third kappa shape index (κ3) is 3.34. The van der Waals surface area contributed by atoms with Gasteiger partial charge in [0.2, 0.25) is 5.89 Å². The number of hydrogen-bond acceptors (Lipinski definition) is 5. The first-order valence-electron chi connectivity index (χ1n) is 8.84. The summed E-state index contributed by atoms with van der Waals surface area (Å²) in [6.45, 7) is 0.377. The van der Waals surface area contributed by atoms with Gasteiger partial charge in [-0.15, -0.1) is 0 Å². The van der Waals surface area contributed by atoms with Crippen LogP contribution < -0.4 is 0 Å². The highest BCUT2D eigenvalue weighted by molar-refractivity contribution is 5.67. The van der Waals surface area contributed by atoms with Gasteiger partial charge in [0, 0.05) is 49.5 Å². The molecule has 7 nitrogen and oxygen atoms in total. The van der Waals surface area contributed by atoms with Crippen molar-refractivity contribution in [3.05, 3.63) is 60.4 Å². The Kier molecular flexibility index (Phi) is 4.56. The second kappa shape index (κ2) is 7.05. The number of aromatic nitrogens is 2. The van der Waals surface area contributed by atoms with Gasteiger partial charge in [-0.2, -0.15) is 0 Å². The van der Waals surface area contributed by atoms with E-state index in [1.165, 1.54) is 17.0 Å². The van der Waals surface area contributed by atoms with Crippen molar-refractivity contribution in [2.45, 2.75) is 18.4 Å². The summed E-state index contributed by atoms with van der Waals surface area (Å²) in [6, 6.07) is 9.24. The number of oxazole rings is 1. The number of aliphatic hydroxyl groups is 1. The summed E-state index contributed by atoms with van der Waals surface area (Å²) in [5.74, 6) is 0.170. The third-order valence-corrected chi connectivity index (χ3v) is 4.96. The number of piperidine rings is 1. The van der Waals surface area contributed by atoms with Gasteiger partial charge in [-0.1, -0.05) is 0 Å². The van der Waals surface area contributed by atoms with Crippen LogP contribution in [0.3, 0.4) is 0 Å². The molecule has 4 rings (SSSR count).